The van der Waals surface area contributed by atoms with E-state index in [9.17, 15) is 0 Å². The fourth-order valence-corrected chi connectivity index (χ4v) is 2.35. The molecule has 0 spiro atoms. The summed E-state index contributed by atoms with van der Waals surface area (Å²) < 4.78 is 0. The van der Waals surface area contributed by atoms with Crippen molar-refractivity contribution in [1.82, 2.24) is 10.3 Å². The quantitative estimate of drug-likeness (QED) is 0.692. The van der Waals surface area contributed by atoms with Crippen LogP contribution in [0.3, 0.4) is 0 Å². The maximum atomic E-state index is 5.93. The molecule has 0 aliphatic rings. The average Bonchev–Trinajstić information content (AvgIpc) is 2.48. The highest BCUT2D eigenvalue weighted by atomic mass is 35.5. The summed E-state index contributed by atoms with van der Waals surface area (Å²) in [7, 11) is 0. The van der Waals surface area contributed by atoms with E-state index < -0.39 is 0 Å². The summed E-state index contributed by atoms with van der Waals surface area (Å²) in [5.74, 6) is 2.40. The summed E-state index contributed by atoms with van der Waals surface area (Å²) in [5.41, 5.74) is 1.91. The van der Waals surface area contributed by atoms with Crippen LogP contribution in [0.15, 0.2) is 48.7 Å². The van der Waals surface area contributed by atoms with E-state index >= 15 is 0 Å². The Hall–Kier alpha value is -1.89. The lowest BCUT2D eigenvalue weighted by Gasteiger charge is -2.18. The molecule has 0 radical (unpaired) electrons. The van der Waals surface area contributed by atoms with Crippen molar-refractivity contribution in [3.05, 3.63) is 64.9 Å². The number of hydrogen-bond acceptors (Lipinski definition) is 2. The van der Waals surface area contributed by atoms with Crippen LogP contribution in [0.4, 0.5) is 0 Å². The number of rotatable bonds is 4. The zero-order valence-electron chi connectivity index (χ0n) is 10.7. The topological polar surface area (TPSA) is 24.9 Å². The Bertz CT molecular complexity index is 617. The molecule has 20 heavy (non-hydrogen) atoms. The van der Waals surface area contributed by atoms with Crippen LogP contribution in [0.25, 0.3) is 0 Å². The van der Waals surface area contributed by atoms with Gasteiger partial charge in [-0.05, 0) is 29.8 Å². The largest absolute Gasteiger partial charge is 0.368 e. The van der Waals surface area contributed by atoms with Crippen molar-refractivity contribution < 1.29 is 0 Å². The van der Waals surface area contributed by atoms with Crippen molar-refractivity contribution in [2.24, 2.45) is 0 Å². The van der Waals surface area contributed by atoms with E-state index in [-0.39, 0.29) is 5.92 Å². The van der Waals surface area contributed by atoms with Crippen LogP contribution < -0.4 is 5.32 Å². The highest BCUT2D eigenvalue weighted by molar-refractivity contribution is 7.80. The third-order valence-corrected chi connectivity index (χ3v) is 3.45. The van der Waals surface area contributed by atoms with Crippen LogP contribution in [-0.2, 0) is 0 Å². The van der Waals surface area contributed by atoms with Crippen molar-refractivity contribution >= 4 is 28.8 Å². The van der Waals surface area contributed by atoms with Crippen molar-refractivity contribution in [3.8, 4) is 12.3 Å². The van der Waals surface area contributed by atoms with E-state index in [1.165, 1.54) is 0 Å². The molecule has 1 aromatic heterocycles. The average molecular weight is 301 g/mol. The molecule has 0 bridgehead atoms. The predicted molar refractivity (Wildman–Crippen MR) is 87.0 cm³/mol. The minimum Gasteiger partial charge on any atom is -0.368 e. The molecule has 1 heterocycles. The Morgan fingerprint density at radius 2 is 2.05 bits per heavy atom. The fourth-order valence-electron chi connectivity index (χ4n) is 1.90. The molecular formula is C16H13ClN2S. The summed E-state index contributed by atoms with van der Waals surface area (Å²) in [6, 6.07) is 13.4. The molecule has 1 N–H and O–H groups in total. The van der Waals surface area contributed by atoms with Crippen LogP contribution in [-0.4, -0.2) is 16.5 Å². The van der Waals surface area contributed by atoms with Gasteiger partial charge in [-0.2, -0.15) is 0 Å². The van der Waals surface area contributed by atoms with Crippen molar-refractivity contribution in [2.75, 3.05) is 6.54 Å². The Morgan fingerprint density at radius 3 is 2.65 bits per heavy atom. The Labute approximate surface area is 129 Å². The third kappa shape index (κ3) is 3.57. The van der Waals surface area contributed by atoms with Crippen LogP contribution in [0, 0.1) is 12.3 Å². The van der Waals surface area contributed by atoms with Gasteiger partial charge in [0.1, 0.15) is 0 Å². The number of nitrogens with zero attached hydrogens (tertiary/aromatic N) is 1. The van der Waals surface area contributed by atoms with Crippen molar-refractivity contribution in [2.45, 2.75) is 5.92 Å². The molecule has 0 aliphatic heterocycles. The molecule has 0 amide bonds. The summed E-state index contributed by atoms with van der Waals surface area (Å²) in [4.78, 5) is 5.05. The van der Waals surface area contributed by atoms with E-state index in [1.807, 2.05) is 42.5 Å². The standard InChI is InChI=1S/C16H13ClN2S/c1-2-10-19-16(20)15(14-5-3-4-11-18-14)12-6-8-13(17)9-7-12/h1,3-9,11,15H,10H2,(H,19,20). The van der Waals surface area contributed by atoms with Gasteiger partial charge in [0.2, 0.25) is 0 Å². The molecule has 1 unspecified atom stereocenters. The molecule has 0 aliphatic carbocycles. The SMILES string of the molecule is C#CCNC(=S)C(c1ccc(Cl)cc1)c1ccccn1. The lowest BCUT2D eigenvalue weighted by molar-refractivity contribution is 0.941. The molecular weight excluding hydrogens is 288 g/mol. The van der Waals surface area contributed by atoms with Gasteiger partial charge in [0.15, 0.2) is 0 Å². The number of aromatic nitrogens is 1. The van der Waals surface area contributed by atoms with Gasteiger partial charge in [0, 0.05) is 11.2 Å². The first-order valence-electron chi connectivity index (χ1n) is 6.10. The predicted octanol–water partition coefficient (Wildman–Crippen LogP) is 3.42. The first-order chi connectivity index (χ1) is 9.72. The van der Waals surface area contributed by atoms with Crippen LogP contribution in [0.1, 0.15) is 17.2 Å². The van der Waals surface area contributed by atoms with E-state index in [0.29, 0.717) is 16.6 Å². The fraction of sp³-hybridized carbons (Fsp3) is 0.125. The Morgan fingerprint density at radius 1 is 1.30 bits per heavy atom. The molecule has 1 atom stereocenters. The summed E-state index contributed by atoms with van der Waals surface area (Å²) in [6.07, 6.45) is 7.02. The van der Waals surface area contributed by atoms with Crippen LogP contribution in [0.5, 0.6) is 0 Å². The number of pyridine rings is 1. The number of nitrogens with one attached hydrogen (secondary N) is 1. The van der Waals surface area contributed by atoms with Gasteiger partial charge in [0.25, 0.3) is 0 Å². The van der Waals surface area contributed by atoms with Crippen LogP contribution >= 0.6 is 23.8 Å². The number of terminal acetylenes is 1. The number of thiocarbonyl (C=S) groups is 1. The zero-order chi connectivity index (χ0) is 14.4. The lowest BCUT2D eigenvalue weighted by Crippen LogP contribution is -2.29. The molecule has 0 saturated carbocycles. The molecule has 4 heteroatoms. The second-order valence-electron chi connectivity index (χ2n) is 4.16. The van der Waals surface area contributed by atoms with E-state index in [0.717, 1.165) is 11.3 Å². The molecule has 0 saturated heterocycles. The van der Waals surface area contributed by atoms with Crippen molar-refractivity contribution in [1.29, 1.82) is 0 Å². The maximum Gasteiger partial charge on any atom is 0.0897 e. The monoisotopic (exact) mass is 300 g/mol. The summed E-state index contributed by atoms with van der Waals surface area (Å²) in [5, 5.41) is 3.76. The number of hydrogen-bond donors (Lipinski definition) is 1. The smallest absolute Gasteiger partial charge is 0.0897 e. The minimum atomic E-state index is -0.128. The van der Waals surface area contributed by atoms with Crippen molar-refractivity contribution in [3.63, 3.8) is 0 Å². The van der Waals surface area contributed by atoms with Gasteiger partial charge in [-0.1, -0.05) is 47.9 Å². The lowest BCUT2D eigenvalue weighted by atomic mass is 9.95. The number of benzene rings is 1. The van der Waals surface area contributed by atoms with E-state index in [1.54, 1.807) is 6.20 Å². The highest BCUT2D eigenvalue weighted by Gasteiger charge is 2.20. The second-order valence-corrected chi connectivity index (χ2v) is 5.04. The van der Waals surface area contributed by atoms with Crippen LogP contribution in [0.2, 0.25) is 5.02 Å². The molecule has 2 aromatic rings. The second kappa shape index (κ2) is 7.04. The third-order valence-electron chi connectivity index (χ3n) is 2.81. The first-order valence-corrected chi connectivity index (χ1v) is 6.88. The minimum absolute atomic E-state index is 0.128. The molecule has 0 fully saturated rings. The molecule has 100 valence electrons. The zero-order valence-corrected chi connectivity index (χ0v) is 12.3. The van der Waals surface area contributed by atoms with Gasteiger partial charge < -0.3 is 5.32 Å². The van der Waals surface area contributed by atoms with Gasteiger partial charge >= 0.3 is 0 Å². The van der Waals surface area contributed by atoms with Gasteiger partial charge in [-0.3, -0.25) is 4.98 Å². The van der Waals surface area contributed by atoms with Gasteiger partial charge in [-0.25, -0.2) is 0 Å². The molecule has 1 aromatic carbocycles. The number of halogens is 1. The highest BCUT2D eigenvalue weighted by Crippen LogP contribution is 2.25. The van der Waals surface area contributed by atoms with E-state index in [2.05, 4.69) is 16.2 Å². The maximum absolute atomic E-state index is 5.93. The summed E-state index contributed by atoms with van der Waals surface area (Å²) >= 11 is 11.4. The normalized spacial score (nSPS) is 11.4. The molecule has 2 nitrogen and oxygen atoms in total. The summed E-state index contributed by atoms with van der Waals surface area (Å²) in [6.45, 7) is 0.399. The first kappa shape index (κ1) is 14.5. The van der Waals surface area contributed by atoms with E-state index in [4.69, 9.17) is 30.2 Å². The Kier molecular flexibility index (Phi) is 5.11. The van der Waals surface area contributed by atoms with Gasteiger partial charge in [0.05, 0.1) is 23.1 Å². The van der Waals surface area contributed by atoms with Gasteiger partial charge in [-0.15, -0.1) is 6.42 Å². The Balaban J connectivity index is 2.37. The molecule has 2 rings (SSSR count).